The van der Waals surface area contributed by atoms with Gasteiger partial charge in [-0.1, -0.05) is 19.9 Å². The van der Waals surface area contributed by atoms with E-state index in [9.17, 15) is 10.1 Å². The van der Waals surface area contributed by atoms with E-state index in [1.54, 1.807) is 6.20 Å². The van der Waals surface area contributed by atoms with E-state index in [4.69, 9.17) is 0 Å². The van der Waals surface area contributed by atoms with Crippen molar-refractivity contribution in [2.24, 2.45) is 5.92 Å². The standard InChI is InChI=1S/C19H29N5O/c1-15(2)18(12-20)23-8-10-24(11-9-23)19(25)14-22(4)16(3)17-6-5-7-21-13-17/h5-7,13,15-16,18H,8-11,14H2,1-4H3/t16-,18+/m0/s1. The van der Waals surface area contributed by atoms with Crippen molar-refractivity contribution in [3.05, 3.63) is 30.1 Å². The highest BCUT2D eigenvalue weighted by atomic mass is 16.2. The molecule has 1 aliphatic heterocycles. The zero-order valence-electron chi connectivity index (χ0n) is 15.7. The third-order valence-corrected chi connectivity index (χ3v) is 5.04. The summed E-state index contributed by atoms with van der Waals surface area (Å²) in [5.41, 5.74) is 1.11. The molecular weight excluding hydrogens is 314 g/mol. The van der Waals surface area contributed by atoms with E-state index in [0.29, 0.717) is 25.6 Å². The van der Waals surface area contributed by atoms with Crippen LogP contribution in [0.3, 0.4) is 0 Å². The first-order valence-electron chi connectivity index (χ1n) is 8.95. The van der Waals surface area contributed by atoms with Gasteiger partial charge in [-0.2, -0.15) is 5.26 Å². The average molecular weight is 343 g/mol. The summed E-state index contributed by atoms with van der Waals surface area (Å²) in [7, 11) is 1.97. The van der Waals surface area contributed by atoms with E-state index < -0.39 is 0 Å². The second kappa shape index (κ2) is 8.93. The fourth-order valence-corrected chi connectivity index (χ4v) is 3.23. The zero-order valence-corrected chi connectivity index (χ0v) is 15.7. The first-order chi connectivity index (χ1) is 11.9. The second-order valence-corrected chi connectivity index (χ2v) is 7.11. The number of nitriles is 1. The van der Waals surface area contributed by atoms with Crippen molar-refractivity contribution >= 4 is 5.91 Å². The molecule has 1 amide bonds. The van der Waals surface area contributed by atoms with Gasteiger partial charge >= 0.3 is 0 Å². The molecule has 0 unspecified atom stereocenters. The number of hydrogen-bond donors (Lipinski definition) is 0. The summed E-state index contributed by atoms with van der Waals surface area (Å²) in [6.07, 6.45) is 3.60. The van der Waals surface area contributed by atoms with Crippen molar-refractivity contribution in [1.82, 2.24) is 19.7 Å². The molecule has 25 heavy (non-hydrogen) atoms. The molecule has 6 heteroatoms. The van der Waals surface area contributed by atoms with Crippen molar-refractivity contribution in [2.45, 2.75) is 32.9 Å². The number of rotatable bonds is 6. The van der Waals surface area contributed by atoms with Crippen molar-refractivity contribution in [1.29, 1.82) is 5.26 Å². The summed E-state index contributed by atoms with van der Waals surface area (Å²) in [5, 5.41) is 9.33. The molecule has 0 radical (unpaired) electrons. The van der Waals surface area contributed by atoms with Gasteiger partial charge in [-0.25, -0.2) is 0 Å². The Morgan fingerprint density at radius 2 is 2.00 bits per heavy atom. The molecule has 6 nitrogen and oxygen atoms in total. The molecule has 2 atom stereocenters. The number of piperazine rings is 1. The number of carbonyl (C=O) groups excluding carboxylic acids is 1. The molecular formula is C19H29N5O. The Balaban J connectivity index is 1.85. The van der Waals surface area contributed by atoms with E-state index >= 15 is 0 Å². The maximum absolute atomic E-state index is 12.6. The Kier molecular flexibility index (Phi) is 6.91. The minimum atomic E-state index is -0.0643. The number of amides is 1. The van der Waals surface area contributed by atoms with Gasteiger partial charge in [0, 0.05) is 44.6 Å². The molecule has 0 saturated carbocycles. The Bertz CT molecular complexity index is 590. The Morgan fingerprint density at radius 1 is 1.32 bits per heavy atom. The molecule has 0 aromatic carbocycles. The second-order valence-electron chi connectivity index (χ2n) is 7.11. The molecule has 2 heterocycles. The number of pyridine rings is 1. The Morgan fingerprint density at radius 3 is 2.52 bits per heavy atom. The molecule has 1 aromatic rings. The summed E-state index contributed by atoms with van der Waals surface area (Å²) in [4.78, 5) is 22.9. The van der Waals surface area contributed by atoms with Crippen LogP contribution in [0, 0.1) is 17.2 Å². The maximum Gasteiger partial charge on any atom is 0.236 e. The zero-order chi connectivity index (χ0) is 18.4. The predicted octanol–water partition coefficient (Wildman–Crippen LogP) is 1.77. The molecule has 136 valence electrons. The van der Waals surface area contributed by atoms with Crippen LogP contribution in [0.25, 0.3) is 0 Å². The fourth-order valence-electron chi connectivity index (χ4n) is 3.23. The molecule has 2 rings (SSSR count). The highest BCUT2D eigenvalue weighted by molar-refractivity contribution is 5.78. The largest absolute Gasteiger partial charge is 0.339 e. The van der Waals surface area contributed by atoms with Gasteiger partial charge in [-0.15, -0.1) is 0 Å². The van der Waals surface area contributed by atoms with E-state index in [0.717, 1.165) is 18.7 Å². The average Bonchev–Trinajstić information content (AvgIpc) is 2.62. The lowest BCUT2D eigenvalue weighted by molar-refractivity contribution is -0.134. The lowest BCUT2D eigenvalue weighted by Gasteiger charge is -2.38. The molecule has 0 bridgehead atoms. The van der Waals surface area contributed by atoms with E-state index in [2.05, 4.69) is 41.6 Å². The van der Waals surface area contributed by atoms with Crippen molar-refractivity contribution in [2.75, 3.05) is 39.8 Å². The number of hydrogen-bond acceptors (Lipinski definition) is 5. The number of likely N-dealkylation sites (N-methyl/N-ethyl adjacent to an activating group) is 1. The number of carbonyl (C=O) groups is 1. The van der Waals surface area contributed by atoms with Crippen LogP contribution in [0.4, 0.5) is 0 Å². The van der Waals surface area contributed by atoms with Crippen LogP contribution in [-0.2, 0) is 4.79 Å². The summed E-state index contributed by atoms with van der Waals surface area (Å²) in [6.45, 7) is 9.54. The normalized spacial score (nSPS) is 18.2. The summed E-state index contributed by atoms with van der Waals surface area (Å²) >= 11 is 0. The lowest BCUT2D eigenvalue weighted by Crippen LogP contribution is -2.54. The molecule has 1 fully saturated rings. The van der Waals surface area contributed by atoms with Crippen LogP contribution in [0.15, 0.2) is 24.5 Å². The molecule has 1 aromatic heterocycles. The third-order valence-electron chi connectivity index (χ3n) is 5.04. The highest BCUT2D eigenvalue weighted by Gasteiger charge is 2.28. The van der Waals surface area contributed by atoms with Crippen LogP contribution < -0.4 is 0 Å². The van der Waals surface area contributed by atoms with Gasteiger partial charge in [0.05, 0.1) is 12.6 Å². The first-order valence-corrected chi connectivity index (χ1v) is 8.95. The van der Waals surface area contributed by atoms with Gasteiger partial charge in [0.2, 0.25) is 5.91 Å². The Labute approximate surface area is 151 Å². The van der Waals surface area contributed by atoms with Gasteiger partial charge in [-0.05, 0) is 31.5 Å². The summed E-state index contributed by atoms with van der Waals surface area (Å²) in [6, 6.07) is 6.42. The first kappa shape index (κ1) is 19.4. The topological polar surface area (TPSA) is 63.5 Å². The van der Waals surface area contributed by atoms with E-state index in [1.165, 1.54) is 0 Å². The van der Waals surface area contributed by atoms with E-state index in [-0.39, 0.29) is 18.0 Å². The smallest absolute Gasteiger partial charge is 0.236 e. The van der Waals surface area contributed by atoms with Gasteiger partial charge in [0.1, 0.15) is 6.04 Å². The van der Waals surface area contributed by atoms with Gasteiger partial charge in [0.25, 0.3) is 0 Å². The van der Waals surface area contributed by atoms with Crippen molar-refractivity contribution in [3.8, 4) is 6.07 Å². The van der Waals surface area contributed by atoms with Crippen molar-refractivity contribution in [3.63, 3.8) is 0 Å². The monoisotopic (exact) mass is 343 g/mol. The number of nitrogens with zero attached hydrogens (tertiary/aromatic N) is 5. The van der Waals surface area contributed by atoms with Gasteiger partial charge in [0.15, 0.2) is 0 Å². The number of aromatic nitrogens is 1. The van der Waals surface area contributed by atoms with Crippen LogP contribution in [0.5, 0.6) is 0 Å². The Hall–Kier alpha value is -1.97. The fraction of sp³-hybridized carbons (Fsp3) is 0.632. The third kappa shape index (κ3) is 5.00. The lowest BCUT2D eigenvalue weighted by atomic mass is 10.0. The quantitative estimate of drug-likeness (QED) is 0.788. The van der Waals surface area contributed by atoms with Gasteiger partial charge in [-0.3, -0.25) is 19.6 Å². The van der Waals surface area contributed by atoms with Crippen molar-refractivity contribution < 1.29 is 4.79 Å². The maximum atomic E-state index is 12.6. The molecule has 0 N–H and O–H groups in total. The highest BCUT2D eigenvalue weighted by Crippen LogP contribution is 2.18. The minimum absolute atomic E-state index is 0.0643. The minimum Gasteiger partial charge on any atom is -0.339 e. The summed E-state index contributed by atoms with van der Waals surface area (Å²) < 4.78 is 0. The molecule has 0 aliphatic carbocycles. The SMILES string of the molecule is CC(C)[C@@H](C#N)N1CCN(C(=O)CN(C)[C@@H](C)c2cccnc2)CC1. The van der Waals surface area contributed by atoms with Crippen LogP contribution in [0.2, 0.25) is 0 Å². The van der Waals surface area contributed by atoms with Crippen LogP contribution >= 0.6 is 0 Å². The van der Waals surface area contributed by atoms with Crippen LogP contribution in [-0.4, -0.2) is 71.4 Å². The van der Waals surface area contributed by atoms with Gasteiger partial charge < -0.3 is 4.90 Å². The van der Waals surface area contributed by atoms with Crippen LogP contribution in [0.1, 0.15) is 32.4 Å². The molecule has 1 aliphatic rings. The summed E-state index contributed by atoms with van der Waals surface area (Å²) in [5.74, 6) is 0.453. The predicted molar refractivity (Wildman–Crippen MR) is 97.7 cm³/mol. The molecule has 1 saturated heterocycles. The van der Waals surface area contributed by atoms with E-state index in [1.807, 2.05) is 30.3 Å². The molecule has 0 spiro atoms.